The van der Waals surface area contributed by atoms with Crippen LogP contribution < -0.4 is 0 Å². The van der Waals surface area contributed by atoms with E-state index in [4.69, 9.17) is 13.9 Å². The van der Waals surface area contributed by atoms with Gasteiger partial charge in [0, 0.05) is 0 Å². The quantitative estimate of drug-likeness (QED) is 0.0438. The highest BCUT2D eigenvalue weighted by Crippen LogP contribution is 2.36. The molecule has 4 nitrogen and oxygen atoms in total. The van der Waals surface area contributed by atoms with Crippen molar-refractivity contribution in [2.24, 2.45) is 29.6 Å². The molecule has 0 N–H and O–H groups in total. The average molecular weight is 661 g/mol. The van der Waals surface area contributed by atoms with Gasteiger partial charge in [-0.05, 0) is 91.0 Å². The summed E-state index contributed by atoms with van der Waals surface area (Å²) in [6.07, 6.45) is 8.44. The minimum atomic E-state index is -1.79. The van der Waals surface area contributed by atoms with Gasteiger partial charge >= 0.3 is 5.97 Å². The Morgan fingerprint density at radius 2 is 1.66 bits per heavy atom. The summed E-state index contributed by atoms with van der Waals surface area (Å²) in [6, 6.07) is 3.41. The Bertz CT molecular complexity index is 806. The van der Waals surface area contributed by atoms with E-state index >= 15 is 0 Å². The van der Waals surface area contributed by atoms with E-state index in [-0.39, 0.29) is 29.9 Å². The topological polar surface area (TPSA) is 44.8 Å². The van der Waals surface area contributed by atoms with Crippen LogP contribution in [0.4, 0.5) is 0 Å². The number of carbonyl (C=O) groups excluding carboxylic acids is 1. The van der Waals surface area contributed by atoms with Crippen LogP contribution in [-0.4, -0.2) is 33.6 Å². The van der Waals surface area contributed by atoms with Gasteiger partial charge in [0.1, 0.15) is 6.10 Å². The number of ether oxygens (including phenoxy) is 2. The first-order chi connectivity index (χ1) is 17.9. The van der Waals surface area contributed by atoms with E-state index < -0.39 is 8.32 Å². The fourth-order valence-corrected chi connectivity index (χ4v) is 9.39. The van der Waals surface area contributed by atoms with Gasteiger partial charge in [0.05, 0.1) is 13.2 Å². The molecule has 1 fully saturated rings. The minimum Gasteiger partial charge on any atom is -0.490 e. The van der Waals surface area contributed by atoms with Gasteiger partial charge in [-0.15, -0.1) is 0 Å². The minimum absolute atomic E-state index is 0.0453. The molecule has 0 aromatic heterocycles. The largest absolute Gasteiger partial charge is 0.490 e. The first-order valence-electron chi connectivity index (χ1n) is 14.9. The lowest BCUT2D eigenvalue weighted by Crippen LogP contribution is -2.44. The fraction of sp³-hybridized carbons (Fsp3) is 0.781. The standard InChI is InChI=1S/C32H57IO4Si/c1-12-38(13-2,14-3)37-31(27(10)18-25(8)21-33)26(9)17-24(7)20-30(35-11)32(34)36-29-19-23(6)15-16-28(29)22(4)5/h17,20-23,26-29,31H,12-16,18-19H2,1-11H3/b24-17+,25-21+,30-20-/t23-,26-,27+,28+,29-,31-/m1/s1. The zero-order valence-corrected chi connectivity index (χ0v) is 29.4. The first kappa shape index (κ1) is 35.4. The third-order valence-electron chi connectivity index (χ3n) is 8.75. The van der Waals surface area contributed by atoms with Gasteiger partial charge in [-0.2, -0.15) is 0 Å². The lowest BCUT2D eigenvalue weighted by atomic mass is 9.75. The number of hydrogen-bond acceptors (Lipinski definition) is 4. The molecule has 0 heterocycles. The maximum absolute atomic E-state index is 13.2. The number of halogens is 1. The van der Waals surface area contributed by atoms with Gasteiger partial charge in [0.2, 0.25) is 5.76 Å². The Balaban J connectivity index is 3.18. The Hall–Kier alpha value is -0.603. The third kappa shape index (κ3) is 10.8. The van der Waals surface area contributed by atoms with E-state index in [0.717, 1.165) is 43.0 Å². The van der Waals surface area contributed by atoms with Crippen LogP contribution in [0.1, 0.15) is 94.9 Å². The molecule has 1 saturated carbocycles. The Labute approximate surface area is 249 Å². The molecule has 0 unspecified atom stereocenters. The summed E-state index contributed by atoms with van der Waals surface area (Å²) < 4.78 is 20.9. The molecule has 0 aliphatic heterocycles. The van der Waals surface area contributed by atoms with Crippen molar-refractivity contribution in [1.82, 2.24) is 0 Å². The molecule has 0 aromatic rings. The van der Waals surface area contributed by atoms with Crippen LogP contribution in [0.5, 0.6) is 0 Å². The van der Waals surface area contributed by atoms with Crippen molar-refractivity contribution in [2.75, 3.05) is 7.11 Å². The normalized spacial score (nSPS) is 24.2. The summed E-state index contributed by atoms with van der Waals surface area (Å²) in [7, 11) is -0.227. The summed E-state index contributed by atoms with van der Waals surface area (Å²) in [5.74, 6) is 2.01. The maximum Gasteiger partial charge on any atom is 0.373 e. The molecule has 0 bridgehead atoms. The lowest BCUT2D eigenvalue weighted by molar-refractivity contribution is -0.154. The number of rotatable bonds is 15. The first-order valence-corrected chi connectivity index (χ1v) is 18.7. The summed E-state index contributed by atoms with van der Waals surface area (Å²) in [5, 5.41) is 0. The molecule has 1 rings (SSSR count). The van der Waals surface area contributed by atoms with Crippen LogP contribution in [-0.2, 0) is 18.7 Å². The van der Waals surface area contributed by atoms with Crippen molar-refractivity contribution in [1.29, 1.82) is 0 Å². The number of hydrogen-bond donors (Lipinski definition) is 0. The van der Waals surface area contributed by atoms with Crippen LogP contribution in [0.2, 0.25) is 18.1 Å². The second kappa shape index (κ2) is 17.3. The summed E-state index contributed by atoms with van der Waals surface area (Å²) in [4.78, 5) is 13.2. The predicted octanol–water partition coefficient (Wildman–Crippen LogP) is 9.86. The van der Waals surface area contributed by atoms with Gasteiger partial charge in [0.15, 0.2) is 8.32 Å². The van der Waals surface area contributed by atoms with E-state index in [1.807, 2.05) is 13.0 Å². The molecule has 0 amide bonds. The number of methoxy groups -OCH3 is 1. The van der Waals surface area contributed by atoms with Crippen LogP contribution in [0.15, 0.2) is 33.1 Å². The predicted molar refractivity (Wildman–Crippen MR) is 173 cm³/mol. The number of esters is 1. The van der Waals surface area contributed by atoms with Crippen LogP contribution in [0, 0.1) is 29.6 Å². The molecule has 0 radical (unpaired) electrons. The van der Waals surface area contributed by atoms with Gasteiger partial charge < -0.3 is 13.9 Å². The van der Waals surface area contributed by atoms with Crippen molar-refractivity contribution in [3.05, 3.63) is 33.1 Å². The van der Waals surface area contributed by atoms with Gasteiger partial charge in [0.25, 0.3) is 0 Å². The van der Waals surface area contributed by atoms with Crippen LogP contribution in [0.25, 0.3) is 0 Å². The second-order valence-corrected chi connectivity index (χ2v) is 17.6. The molecule has 6 heteroatoms. The zero-order chi connectivity index (χ0) is 29.0. The van der Waals surface area contributed by atoms with E-state index in [1.54, 1.807) is 7.11 Å². The highest BCUT2D eigenvalue weighted by molar-refractivity contribution is 14.1. The smallest absolute Gasteiger partial charge is 0.373 e. The molecule has 38 heavy (non-hydrogen) atoms. The summed E-state index contributed by atoms with van der Waals surface area (Å²) >= 11 is 2.33. The van der Waals surface area contributed by atoms with Gasteiger partial charge in [-0.1, -0.05) is 102 Å². The van der Waals surface area contributed by atoms with Crippen molar-refractivity contribution >= 4 is 36.9 Å². The Kier molecular flexibility index (Phi) is 16.1. The van der Waals surface area contributed by atoms with Crippen molar-refractivity contribution in [2.45, 2.75) is 125 Å². The van der Waals surface area contributed by atoms with Gasteiger partial charge in [-0.25, -0.2) is 4.79 Å². The van der Waals surface area contributed by atoms with E-state index in [2.05, 4.69) is 95.1 Å². The molecule has 220 valence electrons. The molecule has 1 aliphatic rings. The number of carbonyl (C=O) groups is 1. The van der Waals surface area contributed by atoms with E-state index in [1.165, 1.54) is 12.0 Å². The molecule has 0 saturated heterocycles. The van der Waals surface area contributed by atoms with Crippen LogP contribution >= 0.6 is 22.6 Å². The van der Waals surface area contributed by atoms with E-state index in [9.17, 15) is 4.79 Å². The number of allylic oxidation sites excluding steroid dienone is 3. The molecule has 0 aromatic carbocycles. The molecular weight excluding hydrogens is 603 g/mol. The Morgan fingerprint density at radius 1 is 1.05 bits per heavy atom. The van der Waals surface area contributed by atoms with Crippen molar-refractivity contribution < 1.29 is 18.7 Å². The van der Waals surface area contributed by atoms with Crippen molar-refractivity contribution in [3.8, 4) is 0 Å². The SMILES string of the molecule is CC[Si](CC)(CC)O[C@H]([C@H](C)/C=C(C)/C=C(\OC)C(=O)O[C@@H]1C[C@H](C)CC[C@H]1C(C)C)[C@@H](C)C/C(C)=C/I. The zero-order valence-electron chi connectivity index (χ0n) is 26.2. The van der Waals surface area contributed by atoms with Gasteiger partial charge in [-0.3, -0.25) is 0 Å². The lowest BCUT2D eigenvalue weighted by Gasteiger charge is -2.38. The average Bonchev–Trinajstić information content (AvgIpc) is 2.87. The van der Waals surface area contributed by atoms with Crippen molar-refractivity contribution in [3.63, 3.8) is 0 Å². The Morgan fingerprint density at radius 3 is 2.16 bits per heavy atom. The molecular formula is C32H57IO4Si. The highest BCUT2D eigenvalue weighted by atomic mass is 127. The van der Waals surface area contributed by atoms with E-state index in [0.29, 0.717) is 23.7 Å². The summed E-state index contributed by atoms with van der Waals surface area (Å²) in [6.45, 7) is 22.4. The molecule has 1 aliphatic carbocycles. The monoisotopic (exact) mass is 660 g/mol. The fourth-order valence-electron chi connectivity index (χ4n) is 6.11. The second-order valence-electron chi connectivity index (χ2n) is 12.2. The summed E-state index contributed by atoms with van der Waals surface area (Å²) in [5.41, 5.74) is 2.39. The third-order valence-corrected chi connectivity index (χ3v) is 14.5. The molecule has 0 spiro atoms. The van der Waals surface area contributed by atoms with Crippen LogP contribution in [0.3, 0.4) is 0 Å². The highest BCUT2D eigenvalue weighted by Gasteiger charge is 2.36. The molecule has 6 atom stereocenters. The maximum atomic E-state index is 13.2.